The summed E-state index contributed by atoms with van der Waals surface area (Å²) < 4.78 is 34.6. The SMILES string of the molecule is CC[C@@H](C)[C@@H](NC(=O)COC(=O)c1ccccc1NS(C)(=O)=O)C(=O)OC. The highest BCUT2D eigenvalue weighted by atomic mass is 32.2. The van der Waals surface area contributed by atoms with Gasteiger partial charge in [-0.3, -0.25) is 9.52 Å². The van der Waals surface area contributed by atoms with Crippen LogP contribution in [0.5, 0.6) is 0 Å². The zero-order valence-electron chi connectivity index (χ0n) is 15.6. The standard InChI is InChI=1S/C17H24N2O7S/c1-5-11(2)15(17(22)25-3)18-14(20)10-26-16(21)12-8-6-7-9-13(12)19-27(4,23)24/h6-9,11,15,19H,5,10H2,1-4H3,(H,18,20)/t11-,15-/m1/s1. The van der Waals surface area contributed by atoms with Gasteiger partial charge < -0.3 is 14.8 Å². The van der Waals surface area contributed by atoms with Crippen LogP contribution in [0.4, 0.5) is 5.69 Å². The quantitative estimate of drug-likeness (QED) is 0.590. The number of ether oxygens (including phenoxy) is 2. The van der Waals surface area contributed by atoms with Crippen molar-refractivity contribution in [2.24, 2.45) is 5.92 Å². The Morgan fingerprint density at radius 1 is 1.19 bits per heavy atom. The molecule has 1 rings (SSSR count). The Bertz CT molecular complexity index is 792. The highest BCUT2D eigenvalue weighted by molar-refractivity contribution is 7.92. The number of esters is 2. The van der Waals surface area contributed by atoms with Crippen molar-refractivity contribution >= 4 is 33.6 Å². The molecule has 10 heteroatoms. The number of hydrogen-bond donors (Lipinski definition) is 2. The van der Waals surface area contributed by atoms with Crippen molar-refractivity contribution in [3.8, 4) is 0 Å². The van der Waals surface area contributed by atoms with E-state index in [1.165, 1.54) is 25.3 Å². The van der Waals surface area contributed by atoms with Gasteiger partial charge in [0.1, 0.15) is 6.04 Å². The van der Waals surface area contributed by atoms with Gasteiger partial charge in [-0.15, -0.1) is 0 Å². The molecule has 0 aliphatic heterocycles. The molecule has 0 unspecified atom stereocenters. The maximum atomic E-state index is 12.2. The molecule has 150 valence electrons. The van der Waals surface area contributed by atoms with E-state index >= 15 is 0 Å². The molecule has 0 saturated carbocycles. The fraction of sp³-hybridized carbons (Fsp3) is 0.471. The van der Waals surface area contributed by atoms with Gasteiger partial charge in [-0.2, -0.15) is 0 Å². The molecule has 0 saturated heterocycles. The molecule has 2 atom stereocenters. The van der Waals surface area contributed by atoms with Gasteiger partial charge in [-0.1, -0.05) is 32.4 Å². The van der Waals surface area contributed by atoms with Crippen LogP contribution in [0.3, 0.4) is 0 Å². The fourth-order valence-corrected chi connectivity index (χ4v) is 2.75. The van der Waals surface area contributed by atoms with Crippen LogP contribution in [0.2, 0.25) is 0 Å². The maximum absolute atomic E-state index is 12.2. The topological polar surface area (TPSA) is 128 Å². The molecule has 0 radical (unpaired) electrons. The molecule has 0 fully saturated rings. The second-order valence-corrected chi connectivity index (χ2v) is 7.70. The minimum absolute atomic E-state index is 0.0393. The second-order valence-electron chi connectivity index (χ2n) is 5.95. The maximum Gasteiger partial charge on any atom is 0.340 e. The second kappa shape index (κ2) is 9.91. The molecule has 27 heavy (non-hydrogen) atoms. The number of para-hydroxylation sites is 1. The van der Waals surface area contributed by atoms with Crippen molar-refractivity contribution in [1.82, 2.24) is 5.32 Å². The van der Waals surface area contributed by atoms with E-state index in [2.05, 4.69) is 14.8 Å². The number of hydrogen-bond acceptors (Lipinski definition) is 7. The summed E-state index contributed by atoms with van der Waals surface area (Å²) >= 11 is 0. The van der Waals surface area contributed by atoms with Gasteiger partial charge in [0.2, 0.25) is 10.0 Å². The normalized spacial score (nSPS) is 13.2. The number of sulfonamides is 1. The molecule has 0 aromatic heterocycles. The number of anilines is 1. The van der Waals surface area contributed by atoms with Gasteiger partial charge >= 0.3 is 11.9 Å². The first-order chi connectivity index (χ1) is 12.6. The molecular weight excluding hydrogens is 376 g/mol. The lowest BCUT2D eigenvalue weighted by Crippen LogP contribution is -2.47. The third-order valence-electron chi connectivity index (χ3n) is 3.76. The highest BCUT2D eigenvalue weighted by Crippen LogP contribution is 2.17. The Morgan fingerprint density at radius 3 is 2.37 bits per heavy atom. The monoisotopic (exact) mass is 400 g/mol. The van der Waals surface area contributed by atoms with Crippen LogP contribution < -0.4 is 10.0 Å². The molecule has 9 nitrogen and oxygen atoms in total. The Labute approximate surface area is 158 Å². The summed E-state index contributed by atoms with van der Waals surface area (Å²) in [4.78, 5) is 36.0. The van der Waals surface area contributed by atoms with Crippen molar-refractivity contribution in [3.05, 3.63) is 29.8 Å². The number of benzene rings is 1. The first-order valence-corrected chi connectivity index (χ1v) is 10.1. The minimum atomic E-state index is -3.59. The molecule has 1 aromatic carbocycles. The zero-order chi connectivity index (χ0) is 20.6. The first-order valence-electron chi connectivity index (χ1n) is 8.20. The number of carbonyl (C=O) groups excluding carboxylic acids is 3. The summed E-state index contributed by atoms with van der Waals surface area (Å²) in [5.41, 5.74) is -0.000352. The number of amides is 1. The third kappa shape index (κ3) is 7.26. The smallest absolute Gasteiger partial charge is 0.340 e. The van der Waals surface area contributed by atoms with E-state index in [0.29, 0.717) is 6.42 Å². The lowest BCUT2D eigenvalue weighted by Gasteiger charge is -2.21. The molecule has 2 N–H and O–H groups in total. The zero-order valence-corrected chi connectivity index (χ0v) is 16.5. The number of nitrogens with one attached hydrogen (secondary N) is 2. The number of methoxy groups -OCH3 is 1. The summed E-state index contributed by atoms with van der Waals surface area (Å²) in [6.07, 6.45) is 1.58. The van der Waals surface area contributed by atoms with Crippen molar-refractivity contribution in [2.45, 2.75) is 26.3 Å². The molecule has 1 amide bonds. The highest BCUT2D eigenvalue weighted by Gasteiger charge is 2.27. The molecule has 0 aliphatic rings. The summed E-state index contributed by atoms with van der Waals surface area (Å²) in [6.45, 7) is 3.01. The van der Waals surface area contributed by atoms with Gasteiger partial charge in [0.05, 0.1) is 24.6 Å². The summed E-state index contributed by atoms with van der Waals surface area (Å²) in [5.74, 6) is -2.31. The Hall–Kier alpha value is -2.62. The van der Waals surface area contributed by atoms with Crippen molar-refractivity contribution in [3.63, 3.8) is 0 Å². The van der Waals surface area contributed by atoms with E-state index < -0.39 is 40.5 Å². The van der Waals surface area contributed by atoms with E-state index in [9.17, 15) is 22.8 Å². The lowest BCUT2D eigenvalue weighted by molar-refractivity contribution is -0.147. The van der Waals surface area contributed by atoms with E-state index in [1.54, 1.807) is 13.0 Å². The van der Waals surface area contributed by atoms with Gasteiger partial charge in [0.15, 0.2) is 6.61 Å². The van der Waals surface area contributed by atoms with E-state index in [4.69, 9.17) is 4.74 Å². The van der Waals surface area contributed by atoms with E-state index in [0.717, 1.165) is 6.26 Å². The van der Waals surface area contributed by atoms with Crippen molar-refractivity contribution < 1.29 is 32.3 Å². The largest absolute Gasteiger partial charge is 0.467 e. The van der Waals surface area contributed by atoms with Gasteiger partial charge in [-0.25, -0.2) is 18.0 Å². The van der Waals surface area contributed by atoms with Crippen molar-refractivity contribution in [1.29, 1.82) is 0 Å². The third-order valence-corrected chi connectivity index (χ3v) is 4.35. The fourth-order valence-electron chi connectivity index (χ4n) is 2.17. The molecular formula is C17H24N2O7S. The molecule has 0 bridgehead atoms. The van der Waals surface area contributed by atoms with Crippen LogP contribution in [0.1, 0.15) is 30.6 Å². The van der Waals surface area contributed by atoms with Gasteiger partial charge in [0, 0.05) is 0 Å². The lowest BCUT2D eigenvalue weighted by atomic mass is 9.99. The van der Waals surface area contributed by atoms with Crippen LogP contribution in [-0.2, 0) is 29.1 Å². The Balaban J connectivity index is 2.77. The van der Waals surface area contributed by atoms with Gasteiger partial charge in [0.25, 0.3) is 5.91 Å². The Morgan fingerprint density at radius 2 is 1.81 bits per heavy atom. The average Bonchev–Trinajstić information content (AvgIpc) is 2.62. The summed E-state index contributed by atoms with van der Waals surface area (Å²) in [5, 5.41) is 2.48. The van der Waals surface area contributed by atoms with Gasteiger partial charge in [-0.05, 0) is 18.1 Å². The molecule has 1 aromatic rings. The minimum Gasteiger partial charge on any atom is -0.467 e. The molecule has 0 aliphatic carbocycles. The molecule has 0 spiro atoms. The predicted molar refractivity (Wildman–Crippen MR) is 98.6 cm³/mol. The predicted octanol–water partition coefficient (Wildman–Crippen LogP) is 0.919. The first kappa shape index (κ1) is 22.4. The average molecular weight is 400 g/mol. The van der Waals surface area contributed by atoms with E-state index in [1.807, 2.05) is 6.92 Å². The van der Waals surface area contributed by atoms with E-state index in [-0.39, 0.29) is 17.2 Å². The van der Waals surface area contributed by atoms with Crippen molar-refractivity contribution in [2.75, 3.05) is 24.7 Å². The number of carbonyl (C=O) groups is 3. The number of rotatable bonds is 9. The van der Waals surface area contributed by atoms with Crippen LogP contribution in [0, 0.1) is 5.92 Å². The summed E-state index contributed by atoms with van der Waals surface area (Å²) in [6, 6.07) is 4.98. The van der Waals surface area contributed by atoms with Crippen LogP contribution >= 0.6 is 0 Å². The summed E-state index contributed by atoms with van der Waals surface area (Å²) in [7, 11) is -2.38. The molecule has 0 heterocycles. The van der Waals surface area contributed by atoms with Crippen LogP contribution in [-0.4, -0.2) is 52.3 Å². The van der Waals surface area contributed by atoms with Crippen LogP contribution in [0.15, 0.2) is 24.3 Å². The Kier molecular flexibility index (Phi) is 8.23. The van der Waals surface area contributed by atoms with Crippen LogP contribution in [0.25, 0.3) is 0 Å².